The number of carbonyl (C=O) groups excluding carboxylic acids is 3. The van der Waals surface area contributed by atoms with Gasteiger partial charge in [0.25, 0.3) is 11.8 Å². The molecule has 3 aromatic rings. The quantitative estimate of drug-likeness (QED) is 0.588. The molecule has 1 aliphatic heterocycles. The fraction of sp³-hybridized carbons (Fsp3) is 0.0417. The molecule has 0 radical (unpaired) electrons. The van der Waals surface area contributed by atoms with Gasteiger partial charge in [0.2, 0.25) is 5.91 Å². The predicted molar refractivity (Wildman–Crippen MR) is 117 cm³/mol. The van der Waals surface area contributed by atoms with Crippen LogP contribution < -0.4 is 15.5 Å². The highest BCUT2D eigenvalue weighted by molar-refractivity contribution is 6.46. The number of benzene rings is 3. The van der Waals surface area contributed by atoms with E-state index in [4.69, 9.17) is 0 Å². The summed E-state index contributed by atoms with van der Waals surface area (Å²) in [6.07, 6.45) is 0. The summed E-state index contributed by atoms with van der Waals surface area (Å²) in [6.45, 7) is 1.37. The van der Waals surface area contributed by atoms with E-state index < -0.39 is 23.4 Å². The van der Waals surface area contributed by atoms with Crippen LogP contribution in [-0.4, -0.2) is 17.7 Å². The number of nitrogens with one attached hydrogen (secondary N) is 2. The normalized spacial score (nSPS) is 13.5. The Morgan fingerprint density at radius 2 is 1.47 bits per heavy atom. The zero-order valence-electron chi connectivity index (χ0n) is 16.9. The van der Waals surface area contributed by atoms with Crippen LogP contribution in [0.1, 0.15) is 12.5 Å². The van der Waals surface area contributed by atoms with E-state index in [1.54, 1.807) is 30.3 Å². The highest BCUT2D eigenvalue weighted by Gasteiger charge is 2.40. The Morgan fingerprint density at radius 3 is 2.09 bits per heavy atom. The number of amides is 3. The topological polar surface area (TPSA) is 78.5 Å². The van der Waals surface area contributed by atoms with E-state index in [-0.39, 0.29) is 28.6 Å². The molecule has 0 atom stereocenters. The summed E-state index contributed by atoms with van der Waals surface area (Å²) in [7, 11) is 0. The summed E-state index contributed by atoms with van der Waals surface area (Å²) in [5.74, 6) is -2.74. The number of halogens is 2. The summed E-state index contributed by atoms with van der Waals surface area (Å²) < 4.78 is 27.5. The van der Waals surface area contributed by atoms with Crippen molar-refractivity contribution in [2.45, 2.75) is 6.92 Å². The summed E-state index contributed by atoms with van der Waals surface area (Å²) in [4.78, 5) is 38.6. The minimum Gasteiger partial charge on any atom is -0.350 e. The highest BCUT2D eigenvalue weighted by atomic mass is 19.1. The maximum atomic E-state index is 13.8. The average Bonchev–Trinajstić information content (AvgIpc) is 2.98. The SMILES string of the molecule is CC(=O)Nc1ccc(C2=C(Nc3cccc(F)c3)C(=O)N(c3cccc(F)c3)C2=O)cc1. The van der Waals surface area contributed by atoms with Gasteiger partial charge in [-0.1, -0.05) is 24.3 Å². The fourth-order valence-corrected chi connectivity index (χ4v) is 3.40. The fourth-order valence-electron chi connectivity index (χ4n) is 3.40. The molecule has 3 aromatic carbocycles. The molecule has 1 heterocycles. The smallest absolute Gasteiger partial charge is 0.282 e. The van der Waals surface area contributed by atoms with Gasteiger partial charge in [-0.2, -0.15) is 0 Å². The monoisotopic (exact) mass is 433 g/mol. The van der Waals surface area contributed by atoms with Crippen molar-refractivity contribution >= 4 is 40.4 Å². The van der Waals surface area contributed by atoms with Crippen LogP contribution in [0, 0.1) is 11.6 Å². The lowest BCUT2D eigenvalue weighted by Gasteiger charge is -2.15. The van der Waals surface area contributed by atoms with Crippen LogP contribution in [0.2, 0.25) is 0 Å². The van der Waals surface area contributed by atoms with Gasteiger partial charge in [0.15, 0.2) is 0 Å². The summed E-state index contributed by atoms with van der Waals surface area (Å²) in [5, 5.41) is 5.46. The van der Waals surface area contributed by atoms with Crippen molar-refractivity contribution in [3.05, 3.63) is 95.7 Å². The van der Waals surface area contributed by atoms with Gasteiger partial charge in [0, 0.05) is 18.3 Å². The van der Waals surface area contributed by atoms with E-state index >= 15 is 0 Å². The van der Waals surface area contributed by atoms with Crippen molar-refractivity contribution in [3.8, 4) is 0 Å². The zero-order chi connectivity index (χ0) is 22.8. The second-order valence-electron chi connectivity index (χ2n) is 7.07. The summed E-state index contributed by atoms with van der Waals surface area (Å²) >= 11 is 0. The molecule has 3 amide bonds. The Hall–Kier alpha value is -4.33. The maximum Gasteiger partial charge on any atom is 0.282 e. The molecule has 0 saturated heterocycles. The van der Waals surface area contributed by atoms with Crippen LogP contribution >= 0.6 is 0 Å². The lowest BCUT2D eigenvalue weighted by Crippen LogP contribution is -2.32. The number of imide groups is 1. The molecule has 32 heavy (non-hydrogen) atoms. The summed E-state index contributed by atoms with van der Waals surface area (Å²) in [5.41, 5.74) is 1.23. The van der Waals surface area contributed by atoms with Crippen LogP contribution in [0.25, 0.3) is 5.57 Å². The number of hydrogen-bond donors (Lipinski definition) is 2. The third-order valence-electron chi connectivity index (χ3n) is 4.74. The van der Waals surface area contributed by atoms with Gasteiger partial charge in [-0.05, 0) is 54.1 Å². The van der Waals surface area contributed by atoms with E-state index in [2.05, 4.69) is 10.6 Å². The van der Waals surface area contributed by atoms with Gasteiger partial charge >= 0.3 is 0 Å². The number of anilines is 3. The number of carbonyl (C=O) groups is 3. The maximum absolute atomic E-state index is 13.8. The molecule has 0 saturated carbocycles. The van der Waals surface area contributed by atoms with Crippen molar-refractivity contribution in [1.82, 2.24) is 0 Å². The largest absolute Gasteiger partial charge is 0.350 e. The first-order valence-corrected chi connectivity index (χ1v) is 9.63. The molecule has 0 unspecified atom stereocenters. The highest BCUT2D eigenvalue weighted by Crippen LogP contribution is 2.34. The molecule has 160 valence electrons. The van der Waals surface area contributed by atoms with Gasteiger partial charge in [-0.25, -0.2) is 13.7 Å². The number of hydrogen-bond acceptors (Lipinski definition) is 4. The lowest BCUT2D eigenvalue weighted by atomic mass is 10.0. The number of rotatable bonds is 5. The van der Waals surface area contributed by atoms with Gasteiger partial charge in [0.05, 0.1) is 11.3 Å². The van der Waals surface area contributed by atoms with Crippen LogP contribution in [0.15, 0.2) is 78.5 Å². The molecule has 1 aliphatic rings. The average molecular weight is 433 g/mol. The van der Waals surface area contributed by atoms with E-state index in [9.17, 15) is 23.2 Å². The van der Waals surface area contributed by atoms with E-state index in [0.717, 1.165) is 11.0 Å². The Bertz CT molecular complexity index is 1270. The van der Waals surface area contributed by atoms with Crippen molar-refractivity contribution in [2.24, 2.45) is 0 Å². The zero-order valence-corrected chi connectivity index (χ0v) is 16.9. The first kappa shape index (κ1) is 20.9. The summed E-state index contributed by atoms with van der Waals surface area (Å²) in [6, 6.07) is 16.9. The van der Waals surface area contributed by atoms with Gasteiger partial charge < -0.3 is 10.6 Å². The molecular weight excluding hydrogens is 416 g/mol. The first-order valence-electron chi connectivity index (χ1n) is 9.63. The van der Waals surface area contributed by atoms with Gasteiger partial charge in [-0.3, -0.25) is 14.4 Å². The lowest BCUT2D eigenvalue weighted by molar-refractivity contribution is -0.120. The molecular formula is C24H17F2N3O3. The molecule has 0 fully saturated rings. The second kappa shape index (κ2) is 8.43. The van der Waals surface area contributed by atoms with E-state index in [1.807, 2.05) is 0 Å². The first-order chi connectivity index (χ1) is 15.3. The van der Waals surface area contributed by atoms with Crippen LogP contribution in [0.5, 0.6) is 0 Å². The van der Waals surface area contributed by atoms with Crippen molar-refractivity contribution in [1.29, 1.82) is 0 Å². The van der Waals surface area contributed by atoms with E-state index in [0.29, 0.717) is 11.3 Å². The predicted octanol–water partition coefficient (Wildman–Crippen LogP) is 4.32. The minimum absolute atomic E-state index is 0.0397. The van der Waals surface area contributed by atoms with Crippen LogP contribution in [-0.2, 0) is 14.4 Å². The van der Waals surface area contributed by atoms with Crippen LogP contribution in [0.3, 0.4) is 0 Å². The molecule has 6 nitrogen and oxygen atoms in total. The molecule has 2 N–H and O–H groups in total. The van der Waals surface area contributed by atoms with Crippen molar-refractivity contribution < 1.29 is 23.2 Å². The third-order valence-corrected chi connectivity index (χ3v) is 4.74. The molecule has 8 heteroatoms. The van der Waals surface area contributed by atoms with Crippen molar-refractivity contribution in [3.63, 3.8) is 0 Å². The standard InChI is InChI=1S/C24H17F2N3O3/c1-14(30)27-18-10-8-15(9-11-18)21-22(28-19-6-2-4-16(25)12-19)24(32)29(23(21)31)20-7-3-5-17(26)13-20/h2-13,28H,1H3,(H,27,30). The number of nitrogens with zero attached hydrogens (tertiary/aromatic N) is 1. The minimum atomic E-state index is -0.703. The Balaban J connectivity index is 1.79. The Labute approximate surface area is 182 Å². The molecule has 4 rings (SSSR count). The Morgan fingerprint density at radius 1 is 0.812 bits per heavy atom. The molecule has 0 aromatic heterocycles. The van der Waals surface area contributed by atoms with E-state index in [1.165, 1.54) is 43.3 Å². The third kappa shape index (κ3) is 4.11. The molecule has 0 bridgehead atoms. The van der Waals surface area contributed by atoms with Gasteiger partial charge in [0.1, 0.15) is 17.3 Å². The van der Waals surface area contributed by atoms with Crippen LogP contribution in [0.4, 0.5) is 25.8 Å². The van der Waals surface area contributed by atoms with Crippen molar-refractivity contribution in [2.75, 3.05) is 15.5 Å². The van der Waals surface area contributed by atoms with Gasteiger partial charge in [-0.15, -0.1) is 0 Å². The molecule has 0 aliphatic carbocycles. The second-order valence-corrected chi connectivity index (χ2v) is 7.07. The Kier molecular flexibility index (Phi) is 5.51. The molecule has 0 spiro atoms.